The summed E-state index contributed by atoms with van der Waals surface area (Å²) in [5.74, 6) is -0.700. The first kappa shape index (κ1) is 15.6. The van der Waals surface area contributed by atoms with Crippen molar-refractivity contribution in [3.8, 4) is 5.75 Å². The van der Waals surface area contributed by atoms with Crippen LogP contribution in [0.25, 0.3) is 0 Å². The van der Waals surface area contributed by atoms with E-state index in [-0.39, 0.29) is 12.5 Å². The number of piperidine rings is 1. The largest absolute Gasteiger partial charge is 0.484 e. The number of amides is 1. The summed E-state index contributed by atoms with van der Waals surface area (Å²) < 4.78 is 5.44. The maximum Gasteiger partial charge on any atom is 0.326 e. The molecule has 1 aliphatic rings. The second-order valence-electron chi connectivity index (χ2n) is 5.14. The van der Waals surface area contributed by atoms with Gasteiger partial charge in [-0.3, -0.25) is 4.79 Å². The third-order valence-corrected chi connectivity index (χ3v) is 4.02. The van der Waals surface area contributed by atoms with E-state index >= 15 is 0 Å². The highest BCUT2D eigenvalue weighted by Crippen LogP contribution is 2.22. The standard InChI is InChI=1S/C15H18ClNO4/c1-10-8-11(5-6-12(10)16)21-9-14(18)17-7-3-2-4-13(17)15(19)20/h5-6,8,13H,2-4,7,9H2,1H3,(H,19,20)/t13-/m0/s1. The number of aliphatic carboxylic acids is 1. The number of nitrogens with zero attached hydrogens (tertiary/aromatic N) is 1. The van der Waals surface area contributed by atoms with Crippen LogP contribution in [0.4, 0.5) is 0 Å². The Kier molecular flexibility index (Phi) is 5.07. The number of ether oxygens (including phenoxy) is 1. The minimum atomic E-state index is -0.953. The zero-order chi connectivity index (χ0) is 15.4. The molecule has 0 saturated carbocycles. The van der Waals surface area contributed by atoms with E-state index in [0.29, 0.717) is 23.7 Å². The van der Waals surface area contributed by atoms with Crippen LogP contribution < -0.4 is 4.74 Å². The fraction of sp³-hybridized carbons (Fsp3) is 0.467. The molecule has 1 aromatic rings. The number of rotatable bonds is 4. The molecule has 0 bridgehead atoms. The number of carbonyl (C=O) groups excluding carboxylic acids is 1. The highest BCUT2D eigenvalue weighted by Gasteiger charge is 2.31. The maximum absolute atomic E-state index is 12.1. The van der Waals surface area contributed by atoms with Crippen LogP contribution >= 0.6 is 11.6 Å². The van der Waals surface area contributed by atoms with Crippen LogP contribution in [-0.4, -0.2) is 41.1 Å². The average molecular weight is 312 g/mol. The molecule has 1 heterocycles. The molecule has 21 heavy (non-hydrogen) atoms. The van der Waals surface area contributed by atoms with Gasteiger partial charge in [-0.25, -0.2) is 4.79 Å². The van der Waals surface area contributed by atoms with Gasteiger partial charge in [-0.15, -0.1) is 0 Å². The van der Waals surface area contributed by atoms with Gasteiger partial charge in [0.1, 0.15) is 11.8 Å². The van der Waals surface area contributed by atoms with Gasteiger partial charge >= 0.3 is 5.97 Å². The Hall–Kier alpha value is -1.75. The van der Waals surface area contributed by atoms with Crippen LogP contribution in [0.3, 0.4) is 0 Å². The Morgan fingerprint density at radius 3 is 2.86 bits per heavy atom. The van der Waals surface area contributed by atoms with Crippen LogP contribution in [-0.2, 0) is 9.59 Å². The van der Waals surface area contributed by atoms with Gasteiger partial charge in [-0.05, 0) is 49.9 Å². The fourth-order valence-corrected chi connectivity index (χ4v) is 2.54. The smallest absolute Gasteiger partial charge is 0.326 e. The van der Waals surface area contributed by atoms with Gasteiger partial charge in [0.05, 0.1) is 0 Å². The Bertz CT molecular complexity index is 546. The van der Waals surface area contributed by atoms with Crippen molar-refractivity contribution in [2.75, 3.05) is 13.2 Å². The third-order valence-electron chi connectivity index (χ3n) is 3.60. The maximum atomic E-state index is 12.1. The van der Waals surface area contributed by atoms with Crippen LogP contribution in [0.2, 0.25) is 5.02 Å². The lowest BCUT2D eigenvalue weighted by molar-refractivity contribution is -0.152. The summed E-state index contributed by atoms with van der Waals surface area (Å²) >= 11 is 5.92. The number of carbonyl (C=O) groups is 2. The normalized spacial score (nSPS) is 18.4. The predicted octanol–water partition coefficient (Wildman–Crippen LogP) is 2.49. The molecule has 0 aliphatic carbocycles. The summed E-state index contributed by atoms with van der Waals surface area (Å²) in [5.41, 5.74) is 0.864. The molecule has 1 amide bonds. The number of carboxylic acid groups (broad SMARTS) is 1. The summed E-state index contributed by atoms with van der Waals surface area (Å²) in [6.45, 7) is 2.16. The Morgan fingerprint density at radius 2 is 2.19 bits per heavy atom. The number of hydrogen-bond acceptors (Lipinski definition) is 3. The lowest BCUT2D eigenvalue weighted by Gasteiger charge is -2.32. The van der Waals surface area contributed by atoms with Crippen LogP contribution in [0.1, 0.15) is 24.8 Å². The molecule has 1 atom stereocenters. The van der Waals surface area contributed by atoms with Crippen LogP contribution in [0, 0.1) is 6.92 Å². The molecule has 114 valence electrons. The quantitative estimate of drug-likeness (QED) is 0.927. The molecule has 1 aromatic carbocycles. The number of hydrogen-bond donors (Lipinski definition) is 1. The Balaban J connectivity index is 1.96. The van der Waals surface area contributed by atoms with E-state index in [1.807, 2.05) is 6.92 Å². The van der Waals surface area contributed by atoms with Gasteiger partial charge in [0.2, 0.25) is 0 Å². The monoisotopic (exact) mass is 311 g/mol. The van der Waals surface area contributed by atoms with Gasteiger partial charge in [0.25, 0.3) is 5.91 Å². The van der Waals surface area contributed by atoms with E-state index in [9.17, 15) is 9.59 Å². The van der Waals surface area contributed by atoms with Crippen molar-refractivity contribution in [3.63, 3.8) is 0 Å². The first-order valence-electron chi connectivity index (χ1n) is 6.90. The van der Waals surface area contributed by atoms with Gasteiger partial charge in [-0.1, -0.05) is 11.6 Å². The van der Waals surface area contributed by atoms with Gasteiger partial charge < -0.3 is 14.7 Å². The van der Waals surface area contributed by atoms with Crippen molar-refractivity contribution >= 4 is 23.5 Å². The Labute approximate surface area is 128 Å². The van der Waals surface area contributed by atoms with Gasteiger partial charge in [0.15, 0.2) is 6.61 Å². The van der Waals surface area contributed by atoms with E-state index < -0.39 is 12.0 Å². The lowest BCUT2D eigenvalue weighted by Crippen LogP contribution is -2.49. The molecule has 1 saturated heterocycles. The molecule has 1 fully saturated rings. The summed E-state index contributed by atoms with van der Waals surface area (Å²) in [4.78, 5) is 24.7. The van der Waals surface area contributed by atoms with E-state index in [0.717, 1.165) is 18.4 Å². The summed E-state index contributed by atoms with van der Waals surface area (Å²) in [6, 6.07) is 4.41. The average Bonchev–Trinajstić information content (AvgIpc) is 2.48. The number of likely N-dealkylation sites (tertiary alicyclic amines) is 1. The molecule has 6 heteroatoms. The second kappa shape index (κ2) is 6.80. The molecular weight excluding hydrogens is 294 g/mol. The molecule has 0 radical (unpaired) electrons. The topological polar surface area (TPSA) is 66.8 Å². The molecule has 1 aliphatic heterocycles. The van der Waals surface area contributed by atoms with Crippen molar-refractivity contribution < 1.29 is 19.4 Å². The molecule has 0 spiro atoms. The first-order valence-corrected chi connectivity index (χ1v) is 7.28. The van der Waals surface area contributed by atoms with E-state index in [2.05, 4.69) is 0 Å². The SMILES string of the molecule is Cc1cc(OCC(=O)N2CCCC[C@H]2C(=O)O)ccc1Cl. The lowest BCUT2D eigenvalue weighted by atomic mass is 10.0. The van der Waals surface area contributed by atoms with E-state index in [1.165, 1.54) is 4.90 Å². The second-order valence-corrected chi connectivity index (χ2v) is 5.54. The zero-order valence-electron chi connectivity index (χ0n) is 11.8. The van der Waals surface area contributed by atoms with Crippen LogP contribution in [0.5, 0.6) is 5.75 Å². The van der Waals surface area contributed by atoms with Crippen molar-refractivity contribution in [3.05, 3.63) is 28.8 Å². The van der Waals surface area contributed by atoms with E-state index in [4.69, 9.17) is 21.4 Å². The molecule has 1 N–H and O–H groups in total. The highest BCUT2D eigenvalue weighted by atomic mass is 35.5. The molecule has 2 rings (SSSR count). The number of carboxylic acids is 1. The first-order chi connectivity index (χ1) is 9.99. The summed E-state index contributed by atoms with van der Waals surface area (Å²) in [6.07, 6.45) is 2.16. The van der Waals surface area contributed by atoms with Crippen molar-refractivity contribution in [1.82, 2.24) is 4.90 Å². The minimum absolute atomic E-state index is 0.162. The number of halogens is 1. The summed E-state index contributed by atoms with van der Waals surface area (Å²) in [5, 5.41) is 9.80. The third kappa shape index (κ3) is 3.88. The number of benzene rings is 1. The molecule has 0 aromatic heterocycles. The fourth-order valence-electron chi connectivity index (χ4n) is 2.42. The molecule has 5 nitrogen and oxygen atoms in total. The van der Waals surface area contributed by atoms with Crippen molar-refractivity contribution in [2.24, 2.45) is 0 Å². The number of aryl methyl sites for hydroxylation is 1. The summed E-state index contributed by atoms with van der Waals surface area (Å²) in [7, 11) is 0. The van der Waals surface area contributed by atoms with Gasteiger partial charge in [-0.2, -0.15) is 0 Å². The van der Waals surface area contributed by atoms with Crippen molar-refractivity contribution in [1.29, 1.82) is 0 Å². The van der Waals surface area contributed by atoms with E-state index in [1.54, 1.807) is 18.2 Å². The highest BCUT2D eigenvalue weighted by molar-refractivity contribution is 6.31. The minimum Gasteiger partial charge on any atom is -0.484 e. The van der Waals surface area contributed by atoms with Crippen LogP contribution in [0.15, 0.2) is 18.2 Å². The van der Waals surface area contributed by atoms with Crippen molar-refractivity contribution in [2.45, 2.75) is 32.2 Å². The predicted molar refractivity (Wildman–Crippen MR) is 78.7 cm³/mol. The molecule has 0 unspecified atom stereocenters. The zero-order valence-corrected chi connectivity index (χ0v) is 12.6. The van der Waals surface area contributed by atoms with Gasteiger partial charge in [0, 0.05) is 11.6 Å². The molecular formula is C15H18ClNO4. The Morgan fingerprint density at radius 1 is 1.43 bits per heavy atom.